The van der Waals surface area contributed by atoms with Crippen LogP contribution in [0.25, 0.3) is 0 Å². The van der Waals surface area contributed by atoms with Gasteiger partial charge in [0.05, 0.1) is 39.5 Å². The van der Waals surface area contributed by atoms with Crippen LogP contribution in [-0.2, 0) is 14.2 Å². The molecule has 2 aromatic rings. The van der Waals surface area contributed by atoms with Gasteiger partial charge in [-0.2, -0.15) is 0 Å². The maximum Gasteiger partial charge on any atom is 0.229 e. The average molecular weight is 607 g/mol. The standard InChI is InChI=1S/C29H34O14/c1-37-15-4-3-11(5-17(15)38-2)16-8-14(31)22-13(30)6-12(7-18(22)41-16)40-29-27(36)25(34)24(33)21(43-29)10-39-19-9-20-28(42-20)26(35)23(19)32/h3-7,16,19-21,23-30,32-36H,8-10H2,1-2H3/t16-,19?,20?,21?,23?,24?,25?,26?,27?,28?,29?/m0/s1. The largest absolute Gasteiger partial charge is 0.507 e. The molecule has 14 heteroatoms. The summed E-state index contributed by atoms with van der Waals surface area (Å²) in [5.41, 5.74) is 0.596. The van der Waals surface area contributed by atoms with E-state index < -0.39 is 67.0 Å². The number of fused-ring (bicyclic) bond motifs is 2. The van der Waals surface area contributed by atoms with Crippen molar-refractivity contribution in [2.24, 2.45) is 0 Å². The van der Waals surface area contributed by atoms with Gasteiger partial charge in [-0.05, 0) is 17.7 Å². The Bertz CT molecular complexity index is 1350. The van der Waals surface area contributed by atoms with E-state index in [-0.39, 0.29) is 42.0 Å². The molecule has 3 heterocycles. The number of phenolic OH excluding ortho intramolecular Hbond substituents is 1. The van der Waals surface area contributed by atoms with Crippen molar-refractivity contribution in [3.05, 3.63) is 41.5 Å². The van der Waals surface area contributed by atoms with Crippen molar-refractivity contribution in [2.75, 3.05) is 20.8 Å². The molecule has 1 saturated carbocycles. The van der Waals surface area contributed by atoms with Gasteiger partial charge in [0.1, 0.15) is 71.6 Å². The van der Waals surface area contributed by atoms with Crippen molar-refractivity contribution in [2.45, 2.75) is 80.2 Å². The van der Waals surface area contributed by atoms with Crippen molar-refractivity contribution >= 4 is 5.78 Å². The van der Waals surface area contributed by atoms with Crippen LogP contribution in [0.2, 0.25) is 0 Å². The number of rotatable bonds is 8. The van der Waals surface area contributed by atoms with Crippen LogP contribution in [0.1, 0.15) is 34.9 Å². The molecular formula is C29H34O14. The normalized spacial score (nSPS) is 36.6. The number of ketones is 1. The molecule has 0 spiro atoms. The number of aliphatic hydroxyl groups is 5. The summed E-state index contributed by atoms with van der Waals surface area (Å²) in [7, 11) is 2.99. The van der Waals surface area contributed by atoms with Crippen LogP contribution >= 0.6 is 0 Å². The van der Waals surface area contributed by atoms with Crippen molar-refractivity contribution in [1.82, 2.24) is 0 Å². The highest BCUT2D eigenvalue weighted by Gasteiger charge is 2.55. The third kappa shape index (κ3) is 5.60. The molecule has 1 aliphatic carbocycles. The zero-order valence-corrected chi connectivity index (χ0v) is 23.3. The molecule has 0 amide bonds. The number of aromatic hydroxyl groups is 1. The highest BCUT2D eigenvalue weighted by atomic mass is 16.7. The number of carbonyl (C=O) groups excluding carboxylic acids is 1. The number of hydrogen-bond donors (Lipinski definition) is 6. The number of aliphatic hydroxyl groups excluding tert-OH is 5. The number of carbonyl (C=O) groups is 1. The summed E-state index contributed by atoms with van der Waals surface area (Å²) in [6.07, 6.45) is -11.9. The van der Waals surface area contributed by atoms with Crippen LogP contribution in [0, 0.1) is 0 Å². The molecule has 3 fully saturated rings. The van der Waals surface area contributed by atoms with E-state index in [1.165, 1.54) is 20.3 Å². The maximum atomic E-state index is 13.0. The van der Waals surface area contributed by atoms with Crippen LogP contribution in [-0.4, -0.2) is 118 Å². The predicted molar refractivity (Wildman–Crippen MR) is 142 cm³/mol. The van der Waals surface area contributed by atoms with Gasteiger partial charge in [0.15, 0.2) is 17.3 Å². The van der Waals surface area contributed by atoms with Gasteiger partial charge in [-0.1, -0.05) is 6.07 Å². The second-order valence-electron chi connectivity index (χ2n) is 11.0. The molecule has 14 nitrogen and oxygen atoms in total. The van der Waals surface area contributed by atoms with Gasteiger partial charge in [0, 0.05) is 18.6 Å². The van der Waals surface area contributed by atoms with Gasteiger partial charge in [0.25, 0.3) is 0 Å². The molecule has 3 aliphatic heterocycles. The molecule has 4 aliphatic rings. The van der Waals surface area contributed by atoms with E-state index in [2.05, 4.69) is 0 Å². The Morgan fingerprint density at radius 1 is 0.884 bits per heavy atom. The van der Waals surface area contributed by atoms with Crippen LogP contribution in [0.15, 0.2) is 30.3 Å². The SMILES string of the molecule is COc1ccc([C@@H]2CC(=O)c3c(O)cc(OC4OC(COC5CC6OC6C(O)C5O)C(O)C(O)C4O)cc3O2)cc1OC. The zero-order valence-electron chi connectivity index (χ0n) is 23.3. The minimum Gasteiger partial charge on any atom is -0.507 e. The third-order valence-corrected chi connectivity index (χ3v) is 8.30. The quantitative estimate of drug-likeness (QED) is 0.211. The summed E-state index contributed by atoms with van der Waals surface area (Å²) >= 11 is 0. The number of benzene rings is 2. The first kappa shape index (κ1) is 29.8. The van der Waals surface area contributed by atoms with Crippen LogP contribution in [0.3, 0.4) is 0 Å². The summed E-state index contributed by atoms with van der Waals surface area (Å²) in [5, 5.41) is 62.7. The van der Waals surface area contributed by atoms with Gasteiger partial charge < -0.3 is 63.8 Å². The van der Waals surface area contributed by atoms with Crippen molar-refractivity contribution in [1.29, 1.82) is 0 Å². The number of methoxy groups -OCH3 is 2. The lowest BCUT2D eigenvalue weighted by Gasteiger charge is -2.41. The van der Waals surface area contributed by atoms with E-state index in [1.54, 1.807) is 18.2 Å². The highest BCUT2D eigenvalue weighted by Crippen LogP contribution is 2.44. The molecule has 2 aromatic carbocycles. The second kappa shape index (κ2) is 11.7. The van der Waals surface area contributed by atoms with Crippen molar-refractivity contribution < 1.29 is 68.6 Å². The first-order valence-electron chi connectivity index (χ1n) is 13.9. The number of Topliss-reactive ketones (excluding diaryl/α,β-unsaturated/α-hetero) is 1. The third-order valence-electron chi connectivity index (χ3n) is 8.30. The fourth-order valence-electron chi connectivity index (χ4n) is 5.82. The number of ether oxygens (including phenoxy) is 7. The Labute approximate surface area is 245 Å². The molecule has 43 heavy (non-hydrogen) atoms. The Morgan fingerprint density at radius 3 is 2.40 bits per heavy atom. The van der Waals surface area contributed by atoms with E-state index in [1.807, 2.05) is 0 Å². The van der Waals surface area contributed by atoms with Crippen LogP contribution in [0.4, 0.5) is 0 Å². The minimum atomic E-state index is -1.70. The average Bonchev–Trinajstić information content (AvgIpc) is 3.78. The van der Waals surface area contributed by atoms with Crippen molar-refractivity contribution in [3.63, 3.8) is 0 Å². The predicted octanol–water partition coefficient (Wildman–Crippen LogP) is -0.420. The molecule has 0 aromatic heterocycles. The highest BCUT2D eigenvalue weighted by molar-refractivity contribution is 6.02. The Hall–Kier alpha value is -3.21. The van der Waals surface area contributed by atoms with Gasteiger partial charge in [-0.3, -0.25) is 4.79 Å². The minimum absolute atomic E-state index is 0.0299. The summed E-state index contributed by atoms with van der Waals surface area (Å²) in [6.45, 7) is -0.309. The van der Waals surface area contributed by atoms with E-state index in [9.17, 15) is 35.4 Å². The first-order chi connectivity index (χ1) is 20.6. The summed E-state index contributed by atoms with van der Waals surface area (Å²) in [4.78, 5) is 13.0. The van der Waals surface area contributed by atoms with Gasteiger partial charge in [0.2, 0.25) is 6.29 Å². The number of epoxide rings is 1. The molecular weight excluding hydrogens is 572 g/mol. The van der Waals surface area contributed by atoms with Gasteiger partial charge in [-0.15, -0.1) is 0 Å². The molecule has 6 rings (SSSR count). The van der Waals surface area contributed by atoms with Gasteiger partial charge >= 0.3 is 0 Å². The topological polar surface area (TPSA) is 206 Å². The monoisotopic (exact) mass is 606 g/mol. The molecule has 0 radical (unpaired) electrons. The van der Waals surface area contributed by atoms with Crippen molar-refractivity contribution in [3.8, 4) is 28.7 Å². The Morgan fingerprint density at radius 2 is 1.65 bits per heavy atom. The Balaban J connectivity index is 1.17. The number of hydrogen-bond acceptors (Lipinski definition) is 14. The lowest BCUT2D eigenvalue weighted by molar-refractivity contribution is -0.283. The van der Waals surface area contributed by atoms with E-state index in [4.69, 9.17) is 33.2 Å². The molecule has 2 saturated heterocycles. The molecule has 11 atom stereocenters. The van der Waals surface area contributed by atoms with E-state index >= 15 is 0 Å². The summed E-state index contributed by atoms with van der Waals surface area (Å²) in [6, 6.07) is 7.61. The van der Waals surface area contributed by atoms with Crippen LogP contribution in [0.5, 0.6) is 28.7 Å². The smallest absolute Gasteiger partial charge is 0.229 e. The van der Waals surface area contributed by atoms with Gasteiger partial charge in [-0.25, -0.2) is 0 Å². The molecule has 10 unspecified atom stereocenters. The fraction of sp³-hybridized carbons (Fsp3) is 0.552. The summed E-state index contributed by atoms with van der Waals surface area (Å²) in [5.74, 6) is 0.146. The molecule has 0 bridgehead atoms. The Kier molecular flexibility index (Phi) is 8.12. The fourth-order valence-corrected chi connectivity index (χ4v) is 5.82. The molecule has 234 valence electrons. The second-order valence-corrected chi connectivity index (χ2v) is 11.0. The van der Waals surface area contributed by atoms with Crippen LogP contribution < -0.4 is 18.9 Å². The maximum absolute atomic E-state index is 13.0. The van der Waals surface area contributed by atoms with E-state index in [0.717, 1.165) is 6.07 Å². The number of phenols is 1. The molecule has 6 N–H and O–H groups in total. The lowest BCUT2D eigenvalue weighted by Crippen LogP contribution is -2.60. The summed E-state index contributed by atoms with van der Waals surface area (Å²) < 4.78 is 39.2. The zero-order chi connectivity index (χ0) is 30.6. The first-order valence-corrected chi connectivity index (χ1v) is 13.9. The van der Waals surface area contributed by atoms with E-state index in [0.29, 0.717) is 23.5 Å². The lowest BCUT2D eigenvalue weighted by atomic mass is 9.92.